The van der Waals surface area contributed by atoms with Crippen LogP contribution in [-0.4, -0.2) is 43.3 Å². The SMILES string of the molecule is Cc1ccc(S(=O)(=O)NC(=O)CSc2nnc(CS(=O)(=O)c3ccccc3)n2-c2ccccc2)cc1. The summed E-state index contributed by atoms with van der Waals surface area (Å²) in [7, 11) is -7.74. The predicted molar refractivity (Wildman–Crippen MR) is 136 cm³/mol. The molecule has 0 aliphatic carbocycles. The van der Waals surface area contributed by atoms with Gasteiger partial charge in [-0.25, -0.2) is 21.6 Å². The maximum atomic E-state index is 13.0. The minimum absolute atomic E-state index is 0.0210. The van der Waals surface area contributed by atoms with Crippen LogP contribution < -0.4 is 4.72 Å². The summed E-state index contributed by atoms with van der Waals surface area (Å²) >= 11 is 0.949. The first-order valence-corrected chi connectivity index (χ1v) is 14.8. The summed E-state index contributed by atoms with van der Waals surface area (Å²) in [6, 6.07) is 23.0. The Labute approximate surface area is 213 Å². The number of carbonyl (C=O) groups excluding carboxylic acids is 1. The molecule has 4 rings (SSSR count). The summed E-state index contributed by atoms with van der Waals surface area (Å²) in [6.45, 7) is 1.83. The fourth-order valence-electron chi connectivity index (χ4n) is 3.29. The highest BCUT2D eigenvalue weighted by Gasteiger charge is 2.24. The van der Waals surface area contributed by atoms with Crippen molar-refractivity contribution < 1.29 is 21.6 Å². The van der Waals surface area contributed by atoms with Crippen LogP contribution in [0.2, 0.25) is 0 Å². The van der Waals surface area contributed by atoms with Crippen molar-refractivity contribution in [1.29, 1.82) is 0 Å². The first-order valence-electron chi connectivity index (χ1n) is 10.7. The molecule has 1 aromatic heterocycles. The molecule has 1 N–H and O–H groups in total. The van der Waals surface area contributed by atoms with Gasteiger partial charge in [0.15, 0.2) is 20.8 Å². The maximum Gasteiger partial charge on any atom is 0.264 e. The lowest BCUT2D eigenvalue weighted by Gasteiger charge is -2.11. The molecule has 36 heavy (non-hydrogen) atoms. The Morgan fingerprint density at radius 1 is 0.833 bits per heavy atom. The van der Waals surface area contributed by atoms with Gasteiger partial charge in [-0.05, 0) is 43.3 Å². The molecule has 4 aromatic rings. The molecule has 0 aliphatic heterocycles. The smallest absolute Gasteiger partial charge is 0.264 e. The van der Waals surface area contributed by atoms with Crippen LogP contribution in [0.15, 0.2) is 99.9 Å². The van der Waals surface area contributed by atoms with Gasteiger partial charge in [0.1, 0.15) is 5.75 Å². The van der Waals surface area contributed by atoms with E-state index < -0.39 is 31.5 Å². The standard InChI is InChI=1S/C24H22N4O5S3/c1-18-12-14-21(15-13-18)36(32,33)27-23(29)16-34-24-26-25-22(28(24)19-8-4-2-5-9-19)17-35(30,31)20-10-6-3-7-11-20/h2-15H,16-17H2,1H3,(H,27,29). The molecule has 12 heteroatoms. The number of amides is 1. The van der Waals surface area contributed by atoms with Gasteiger partial charge in [-0.3, -0.25) is 9.36 Å². The average molecular weight is 543 g/mol. The van der Waals surface area contributed by atoms with Crippen molar-refractivity contribution in [3.05, 3.63) is 96.3 Å². The Kier molecular flexibility index (Phi) is 7.57. The van der Waals surface area contributed by atoms with Crippen LogP contribution in [0.5, 0.6) is 0 Å². The third-order valence-electron chi connectivity index (χ3n) is 5.05. The van der Waals surface area contributed by atoms with Crippen molar-refractivity contribution in [1.82, 2.24) is 19.5 Å². The molecular formula is C24H22N4O5S3. The van der Waals surface area contributed by atoms with Crippen LogP contribution in [0.25, 0.3) is 5.69 Å². The van der Waals surface area contributed by atoms with Crippen LogP contribution in [0.4, 0.5) is 0 Å². The molecule has 0 saturated carbocycles. The minimum Gasteiger partial charge on any atom is -0.273 e. The highest BCUT2D eigenvalue weighted by molar-refractivity contribution is 8.00. The number of hydrogen-bond acceptors (Lipinski definition) is 8. The first-order chi connectivity index (χ1) is 17.2. The summed E-state index contributed by atoms with van der Waals surface area (Å²) < 4.78 is 54.5. The quantitative estimate of drug-likeness (QED) is 0.320. The molecule has 0 unspecified atom stereocenters. The van der Waals surface area contributed by atoms with Crippen LogP contribution in [0.1, 0.15) is 11.4 Å². The van der Waals surface area contributed by atoms with Crippen LogP contribution in [0, 0.1) is 6.92 Å². The number of benzene rings is 3. The fourth-order valence-corrected chi connectivity index (χ4v) is 6.40. The van der Waals surface area contributed by atoms with Crippen LogP contribution in [0.3, 0.4) is 0 Å². The molecule has 0 radical (unpaired) electrons. The number of para-hydroxylation sites is 1. The van der Waals surface area contributed by atoms with E-state index in [-0.39, 0.29) is 26.5 Å². The molecule has 0 spiro atoms. The third kappa shape index (κ3) is 6.01. The Morgan fingerprint density at radius 3 is 2.08 bits per heavy atom. The van der Waals surface area contributed by atoms with Gasteiger partial charge < -0.3 is 0 Å². The molecule has 0 aliphatic rings. The van der Waals surface area contributed by atoms with E-state index >= 15 is 0 Å². The van der Waals surface area contributed by atoms with Crippen LogP contribution in [-0.2, 0) is 30.4 Å². The zero-order valence-electron chi connectivity index (χ0n) is 19.1. The van der Waals surface area contributed by atoms with Gasteiger partial charge in [-0.1, -0.05) is 65.9 Å². The summed E-state index contributed by atoms with van der Waals surface area (Å²) in [6.07, 6.45) is 0. The van der Waals surface area contributed by atoms with Crippen molar-refractivity contribution in [3.8, 4) is 5.69 Å². The molecule has 0 atom stereocenters. The average Bonchev–Trinajstić information content (AvgIpc) is 3.25. The number of nitrogens with zero attached hydrogens (tertiary/aromatic N) is 3. The number of rotatable bonds is 9. The van der Waals surface area contributed by atoms with E-state index in [0.717, 1.165) is 17.3 Å². The van der Waals surface area contributed by atoms with Crippen molar-refractivity contribution in [3.63, 3.8) is 0 Å². The Hall–Kier alpha value is -3.48. The van der Waals surface area contributed by atoms with Gasteiger partial charge in [0.2, 0.25) is 5.91 Å². The van der Waals surface area contributed by atoms with E-state index in [1.165, 1.54) is 24.3 Å². The predicted octanol–water partition coefficient (Wildman–Crippen LogP) is 3.15. The second-order valence-electron chi connectivity index (χ2n) is 7.77. The monoisotopic (exact) mass is 542 g/mol. The molecule has 1 amide bonds. The van der Waals surface area contributed by atoms with E-state index in [9.17, 15) is 21.6 Å². The lowest BCUT2D eigenvalue weighted by molar-refractivity contribution is -0.116. The normalized spacial score (nSPS) is 11.8. The number of carbonyl (C=O) groups is 1. The van der Waals surface area contributed by atoms with Gasteiger partial charge in [0.25, 0.3) is 10.0 Å². The number of sulfonamides is 1. The fraction of sp³-hybridized carbons (Fsp3) is 0.125. The van der Waals surface area contributed by atoms with E-state index in [1.807, 2.05) is 17.7 Å². The highest BCUT2D eigenvalue weighted by atomic mass is 32.2. The lowest BCUT2D eigenvalue weighted by atomic mass is 10.2. The van der Waals surface area contributed by atoms with Crippen molar-refractivity contribution in [2.75, 3.05) is 5.75 Å². The topological polar surface area (TPSA) is 128 Å². The summed E-state index contributed by atoms with van der Waals surface area (Å²) in [5.74, 6) is -1.27. The second kappa shape index (κ2) is 10.6. The Bertz CT molecular complexity index is 1570. The third-order valence-corrected chi connectivity index (χ3v) is 8.99. The van der Waals surface area contributed by atoms with Gasteiger partial charge in [0, 0.05) is 5.69 Å². The number of aromatic nitrogens is 3. The summed E-state index contributed by atoms with van der Waals surface area (Å²) in [4.78, 5) is 12.6. The molecular weight excluding hydrogens is 520 g/mol. The molecule has 3 aromatic carbocycles. The number of nitrogens with one attached hydrogen (secondary N) is 1. The summed E-state index contributed by atoms with van der Waals surface area (Å²) in [5.41, 5.74) is 1.50. The van der Waals surface area contributed by atoms with E-state index in [1.54, 1.807) is 59.2 Å². The van der Waals surface area contributed by atoms with Crippen LogP contribution >= 0.6 is 11.8 Å². The lowest BCUT2D eigenvalue weighted by Crippen LogP contribution is -2.32. The largest absolute Gasteiger partial charge is 0.273 e. The maximum absolute atomic E-state index is 13.0. The molecule has 0 saturated heterocycles. The second-order valence-corrected chi connectivity index (χ2v) is 12.4. The molecule has 0 bridgehead atoms. The highest BCUT2D eigenvalue weighted by Crippen LogP contribution is 2.25. The number of sulfone groups is 1. The van der Waals surface area contributed by atoms with E-state index in [0.29, 0.717) is 5.69 Å². The van der Waals surface area contributed by atoms with Crippen molar-refractivity contribution in [2.45, 2.75) is 27.6 Å². The van der Waals surface area contributed by atoms with E-state index in [4.69, 9.17) is 0 Å². The summed E-state index contributed by atoms with van der Waals surface area (Å²) in [5, 5.41) is 8.42. The van der Waals surface area contributed by atoms with Gasteiger partial charge >= 0.3 is 0 Å². The number of thioether (sulfide) groups is 1. The molecule has 0 fully saturated rings. The number of hydrogen-bond donors (Lipinski definition) is 1. The zero-order chi connectivity index (χ0) is 25.8. The zero-order valence-corrected chi connectivity index (χ0v) is 21.6. The number of aryl methyl sites for hydroxylation is 1. The Balaban J connectivity index is 1.55. The molecule has 9 nitrogen and oxygen atoms in total. The molecule has 186 valence electrons. The van der Waals surface area contributed by atoms with Crippen molar-refractivity contribution in [2.24, 2.45) is 0 Å². The van der Waals surface area contributed by atoms with Gasteiger partial charge in [0.05, 0.1) is 15.5 Å². The van der Waals surface area contributed by atoms with Gasteiger partial charge in [-0.2, -0.15) is 0 Å². The van der Waals surface area contributed by atoms with Gasteiger partial charge in [-0.15, -0.1) is 10.2 Å². The van der Waals surface area contributed by atoms with Crippen molar-refractivity contribution >= 4 is 37.5 Å². The first kappa shape index (κ1) is 25.6. The Morgan fingerprint density at radius 2 is 1.44 bits per heavy atom. The van der Waals surface area contributed by atoms with E-state index in [2.05, 4.69) is 10.2 Å². The minimum atomic E-state index is -4.03. The molecule has 1 heterocycles.